The molecule has 0 bridgehead atoms. The molecule has 0 fully saturated rings. The lowest BCUT2D eigenvalue weighted by atomic mass is 10.00. The zero-order valence-corrected chi connectivity index (χ0v) is 20.3. The number of hydrogen-bond donors (Lipinski definition) is 1. The first-order valence-electron chi connectivity index (χ1n) is 7.98. The van der Waals surface area contributed by atoms with Crippen molar-refractivity contribution in [3.63, 3.8) is 0 Å². The Bertz CT molecular complexity index is 871. The number of carbonyl (C=O) groups is 1. The molecule has 2 rings (SSSR count). The first-order valence-corrected chi connectivity index (χ1v) is 10.6. The number of alkyl halides is 2. The van der Waals surface area contributed by atoms with Crippen molar-refractivity contribution < 1.29 is 28.8 Å². The Labute approximate surface area is 188 Å². The minimum atomic E-state index is -0.703. The van der Waals surface area contributed by atoms with Gasteiger partial charge in [-0.15, -0.1) is 0 Å². The summed E-state index contributed by atoms with van der Waals surface area (Å²) in [6, 6.07) is 6.90. The van der Waals surface area contributed by atoms with Gasteiger partial charge >= 0.3 is 0 Å². The van der Waals surface area contributed by atoms with Crippen LogP contribution in [0.4, 0.5) is 0 Å². The second-order valence-electron chi connectivity index (χ2n) is 5.60. The van der Waals surface area contributed by atoms with Crippen molar-refractivity contribution in [1.29, 1.82) is 0 Å². The SMILES string of the molecule is COc1ccc([C@@H](Br)[C@@H](Br)C(=O)c2c(OC)cc(OC)c(Br)c2O)cc1OC. The van der Waals surface area contributed by atoms with Gasteiger partial charge in [-0.25, -0.2) is 0 Å². The van der Waals surface area contributed by atoms with Gasteiger partial charge in [0.15, 0.2) is 17.3 Å². The number of rotatable bonds is 8. The maximum Gasteiger partial charge on any atom is 0.185 e. The van der Waals surface area contributed by atoms with E-state index < -0.39 is 9.65 Å². The summed E-state index contributed by atoms with van der Waals surface area (Å²) in [6.07, 6.45) is 0. The molecule has 0 aliphatic carbocycles. The molecule has 0 unspecified atom stereocenters. The molecule has 0 aliphatic rings. The van der Waals surface area contributed by atoms with Crippen molar-refractivity contribution in [2.75, 3.05) is 28.4 Å². The fourth-order valence-corrected chi connectivity index (χ4v) is 4.14. The Hall–Kier alpha value is -1.45. The average Bonchev–Trinajstić information content (AvgIpc) is 2.73. The summed E-state index contributed by atoms with van der Waals surface area (Å²) in [4.78, 5) is 12.0. The minimum Gasteiger partial charge on any atom is -0.506 e. The van der Waals surface area contributed by atoms with Crippen molar-refractivity contribution in [3.05, 3.63) is 39.9 Å². The molecule has 28 heavy (non-hydrogen) atoms. The lowest BCUT2D eigenvalue weighted by Gasteiger charge is -2.20. The number of Topliss-reactive ketones (excluding diaryl/α,β-unsaturated/α-hetero) is 1. The molecule has 6 nitrogen and oxygen atoms in total. The van der Waals surface area contributed by atoms with E-state index in [-0.39, 0.29) is 27.3 Å². The van der Waals surface area contributed by atoms with Crippen LogP contribution in [0.25, 0.3) is 0 Å². The minimum absolute atomic E-state index is 0.0435. The highest BCUT2D eigenvalue weighted by molar-refractivity contribution is 9.12. The van der Waals surface area contributed by atoms with E-state index in [0.717, 1.165) is 5.56 Å². The third-order valence-electron chi connectivity index (χ3n) is 4.09. The molecule has 0 spiro atoms. The van der Waals surface area contributed by atoms with Gasteiger partial charge in [-0.05, 0) is 33.6 Å². The van der Waals surface area contributed by atoms with E-state index in [1.165, 1.54) is 20.3 Å². The summed E-state index contributed by atoms with van der Waals surface area (Å²) in [6.45, 7) is 0. The lowest BCUT2D eigenvalue weighted by molar-refractivity contribution is 0.0985. The van der Waals surface area contributed by atoms with E-state index in [1.807, 2.05) is 6.07 Å². The molecule has 2 atom stereocenters. The van der Waals surface area contributed by atoms with E-state index in [2.05, 4.69) is 47.8 Å². The summed E-state index contributed by atoms with van der Waals surface area (Å²) >= 11 is 10.2. The van der Waals surface area contributed by atoms with Gasteiger partial charge in [0.2, 0.25) is 0 Å². The Morgan fingerprint density at radius 2 is 1.46 bits per heavy atom. The first kappa shape index (κ1) is 22.8. The lowest BCUT2D eigenvalue weighted by Crippen LogP contribution is -2.20. The summed E-state index contributed by atoms with van der Waals surface area (Å²) in [5, 5.41) is 10.5. The van der Waals surface area contributed by atoms with Gasteiger partial charge in [0.1, 0.15) is 27.3 Å². The molecule has 0 heterocycles. The second kappa shape index (κ2) is 9.84. The van der Waals surface area contributed by atoms with E-state index in [9.17, 15) is 9.90 Å². The van der Waals surface area contributed by atoms with Crippen LogP contribution in [0.1, 0.15) is 20.7 Å². The van der Waals surface area contributed by atoms with E-state index >= 15 is 0 Å². The number of ether oxygens (including phenoxy) is 4. The summed E-state index contributed by atoms with van der Waals surface area (Å²) < 4.78 is 21.3. The smallest absolute Gasteiger partial charge is 0.185 e. The van der Waals surface area contributed by atoms with Crippen molar-refractivity contribution in [2.24, 2.45) is 0 Å². The Morgan fingerprint density at radius 3 is 2.00 bits per heavy atom. The normalized spacial score (nSPS) is 12.8. The first-order chi connectivity index (χ1) is 13.3. The summed E-state index contributed by atoms with van der Waals surface area (Å²) in [5.74, 6) is 1.07. The number of ketones is 1. The molecular formula is C19H19Br3O6. The highest BCUT2D eigenvalue weighted by Gasteiger charge is 2.32. The molecule has 0 saturated carbocycles. The predicted octanol–water partition coefficient (Wildman–Crippen LogP) is 5.27. The maximum absolute atomic E-state index is 13.2. The van der Waals surface area contributed by atoms with Gasteiger partial charge in [-0.1, -0.05) is 37.9 Å². The van der Waals surface area contributed by atoms with E-state index in [4.69, 9.17) is 18.9 Å². The van der Waals surface area contributed by atoms with Crippen molar-refractivity contribution in [2.45, 2.75) is 9.65 Å². The highest BCUT2D eigenvalue weighted by Crippen LogP contribution is 2.45. The van der Waals surface area contributed by atoms with Crippen molar-refractivity contribution >= 4 is 53.6 Å². The van der Waals surface area contributed by atoms with Crippen molar-refractivity contribution in [3.8, 4) is 28.7 Å². The molecule has 0 aromatic heterocycles. The molecule has 1 N–H and O–H groups in total. The number of phenols is 1. The van der Waals surface area contributed by atoms with Crippen LogP contribution in [-0.2, 0) is 0 Å². The van der Waals surface area contributed by atoms with E-state index in [1.54, 1.807) is 26.4 Å². The number of carbonyl (C=O) groups excluding carboxylic acids is 1. The molecule has 0 amide bonds. The topological polar surface area (TPSA) is 74.2 Å². The molecule has 152 valence electrons. The number of phenolic OH excluding ortho intramolecular Hbond substituents is 1. The number of methoxy groups -OCH3 is 4. The average molecular weight is 583 g/mol. The van der Waals surface area contributed by atoms with Crippen LogP contribution in [0.3, 0.4) is 0 Å². The maximum atomic E-state index is 13.2. The van der Waals surface area contributed by atoms with Crippen LogP contribution >= 0.6 is 47.8 Å². The molecule has 2 aromatic rings. The predicted molar refractivity (Wildman–Crippen MR) is 117 cm³/mol. The number of hydrogen-bond acceptors (Lipinski definition) is 6. The van der Waals surface area contributed by atoms with Crippen LogP contribution in [0.15, 0.2) is 28.7 Å². The highest BCUT2D eigenvalue weighted by atomic mass is 79.9. The standard InChI is InChI=1S/C19H19Br3O6/c1-25-10-6-5-9(7-11(10)26-2)15(20)17(22)19(24)14-12(27-3)8-13(28-4)16(21)18(14)23/h5-8,15,17,23H,1-4H3/t15-,17-/m1/s1. The van der Waals surface area contributed by atoms with Crippen LogP contribution in [-0.4, -0.2) is 44.2 Å². The Morgan fingerprint density at radius 1 is 0.893 bits per heavy atom. The zero-order valence-electron chi connectivity index (χ0n) is 15.6. The van der Waals surface area contributed by atoms with Crippen LogP contribution in [0, 0.1) is 0 Å². The number of aromatic hydroxyl groups is 1. The van der Waals surface area contributed by atoms with Crippen LogP contribution < -0.4 is 18.9 Å². The molecule has 0 radical (unpaired) electrons. The largest absolute Gasteiger partial charge is 0.506 e. The third-order valence-corrected chi connectivity index (χ3v) is 7.57. The van der Waals surface area contributed by atoms with Gasteiger partial charge < -0.3 is 24.1 Å². The van der Waals surface area contributed by atoms with Crippen LogP contribution in [0.2, 0.25) is 0 Å². The number of halogens is 3. The summed E-state index contributed by atoms with van der Waals surface area (Å²) in [7, 11) is 5.97. The Balaban J connectivity index is 2.43. The van der Waals surface area contributed by atoms with Gasteiger partial charge in [0, 0.05) is 6.07 Å². The van der Waals surface area contributed by atoms with Crippen LogP contribution in [0.5, 0.6) is 28.7 Å². The van der Waals surface area contributed by atoms with Gasteiger partial charge in [0.05, 0.1) is 38.1 Å². The fraction of sp³-hybridized carbons (Fsp3) is 0.316. The molecule has 0 saturated heterocycles. The second-order valence-corrected chi connectivity index (χ2v) is 8.37. The zero-order chi connectivity index (χ0) is 21.0. The molecule has 0 aliphatic heterocycles. The van der Waals surface area contributed by atoms with Gasteiger partial charge in [-0.3, -0.25) is 4.79 Å². The summed E-state index contributed by atoms with van der Waals surface area (Å²) in [5.41, 5.74) is 0.834. The molecular weight excluding hydrogens is 564 g/mol. The molecule has 2 aromatic carbocycles. The van der Waals surface area contributed by atoms with Gasteiger partial charge in [0.25, 0.3) is 0 Å². The Kier molecular flexibility index (Phi) is 8.03. The van der Waals surface area contributed by atoms with E-state index in [0.29, 0.717) is 17.2 Å². The van der Waals surface area contributed by atoms with Crippen molar-refractivity contribution in [1.82, 2.24) is 0 Å². The quantitative estimate of drug-likeness (QED) is 0.338. The van der Waals surface area contributed by atoms with Gasteiger partial charge in [-0.2, -0.15) is 0 Å². The monoisotopic (exact) mass is 580 g/mol. The molecule has 9 heteroatoms. The third kappa shape index (κ3) is 4.41. The fourth-order valence-electron chi connectivity index (χ4n) is 2.61. The number of benzene rings is 2.